The van der Waals surface area contributed by atoms with Gasteiger partial charge in [-0.25, -0.2) is 9.18 Å². The first-order valence-electron chi connectivity index (χ1n) is 8.73. The van der Waals surface area contributed by atoms with Crippen LogP contribution in [0.5, 0.6) is 0 Å². The first-order valence-corrected chi connectivity index (χ1v) is 10.8. The summed E-state index contributed by atoms with van der Waals surface area (Å²) in [6.07, 6.45) is -0.699. The predicted octanol–water partition coefficient (Wildman–Crippen LogP) is 5.27. The minimum atomic E-state index is -0.699. The smallest absolute Gasteiger partial charge is 0.338 e. The van der Waals surface area contributed by atoms with E-state index in [-0.39, 0.29) is 17.6 Å². The summed E-state index contributed by atoms with van der Waals surface area (Å²) in [6, 6.07) is 13.2. The summed E-state index contributed by atoms with van der Waals surface area (Å²) >= 11 is 3.83. The third-order valence-electron chi connectivity index (χ3n) is 4.20. The van der Waals surface area contributed by atoms with E-state index in [9.17, 15) is 9.18 Å². The molecule has 8 heteroatoms. The molecule has 0 bridgehead atoms. The highest BCUT2D eigenvalue weighted by Gasteiger charge is 2.21. The summed E-state index contributed by atoms with van der Waals surface area (Å²) in [7, 11) is 0. The SMILES string of the molecule is C[C@H](OC(=O)c1ccc(C2SCCS2)cc1)c1nnc(-c2ccc(F)cc2)o1. The van der Waals surface area contributed by atoms with E-state index >= 15 is 0 Å². The average molecular weight is 416 g/mol. The van der Waals surface area contributed by atoms with Crippen LogP contribution in [0, 0.1) is 5.82 Å². The molecule has 5 nitrogen and oxygen atoms in total. The molecule has 2 aromatic carbocycles. The monoisotopic (exact) mass is 416 g/mol. The van der Waals surface area contributed by atoms with Gasteiger partial charge in [-0.2, -0.15) is 0 Å². The average Bonchev–Trinajstić information content (AvgIpc) is 3.41. The van der Waals surface area contributed by atoms with Crippen LogP contribution in [0.4, 0.5) is 4.39 Å². The van der Waals surface area contributed by atoms with Crippen molar-refractivity contribution in [3.8, 4) is 11.5 Å². The van der Waals surface area contributed by atoms with Crippen molar-refractivity contribution in [1.82, 2.24) is 10.2 Å². The highest BCUT2D eigenvalue weighted by molar-refractivity contribution is 8.19. The Kier molecular flexibility index (Phi) is 5.68. The number of hydrogen-bond acceptors (Lipinski definition) is 7. The quantitative estimate of drug-likeness (QED) is 0.525. The lowest BCUT2D eigenvalue weighted by Gasteiger charge is -2.11. The molecule has 0 radical (unpaired) electrons. The maximum Gasteiger partial charge on any atom is 0.338 e. The fraction of sp³-hybridized carbons (Fsp3) is 0.250. The topological polar surface area (TPSA) is 65.2 Å². The molecule has 1 aromatic heterocycles. The number of aromatic nitrogens is 2. The molecule has 1 fully saturated rings. The summed E-state index contributed by atoms with van der Waals surface area (Å²) in [4.78, 5) is 12.4. The summed E-state index contributed by atoms with van der Waals surface area (Å²) < 4.78 is 24.5. The van der Waals surface area contributed by atoms with Gasteiger partial charge < -0.3 is 9.15 Å². The van der Waals surface area contributed by atoms with E-state index in [0.29, 0.717) is 15.7 Å². The molecule has 0 unspecified atom stereocenters. The van der Waals surface area contributed by atoms with Crippen molar-refractivity contribution < 1.29 is 18.3 Å². The fourth-order valence-electron chi connectivity index (χ4n) is 2.71. The molecule has 4 rings (SSSR count). The number of hydrogen-bond donors (Lipinski definition) is 0. The van der Waals surface area contributed by atoms with Crippen LogP contribution in [0.1, 0.15) is 39.4 Å². The van der Waals surface area contributed by atoms with E-state index in [1.54, 1.807) is 31.2 Å². The number of esters is 1. The minimum Gasteiger partial charge on any atom is -0.449 e. The Morgan fingerprint density at radius 2 is 1.79 bits per heavy atom. The van der Waals surface area contributed by atoms with Crippen LogP contribution in [0.2, 0.25) is 0 Å². The van der Waals surface area contributed by atoms with Gasteiger partial charge in [0.2, 0.25) is 5.89 Å². The molecule has 1 saturated heterocycles. The molecule has 2 heterocycles. The molecule has 144 valence electrons. The zero-order valence-electron chi connectivity index (χ0n) is 15.0. The molecule has 0 amide bonds. The first kappa shape index (κ1) is 19.0. The number of carbonyl (C=O) groups is 1. The number of carbonyl (C=O) groups excluding carboxylic acids is 1. The van der Waals surface area contributed by atoms with E-state index in [2.05, 4.69) is 10.2 Å². The molecular weight excluding hydrogens is 399 g/mol. The summed E-state index contributed by atoms with van der Waals surface area (Å²) in [5, 5.41) is 7.87. The van der Waals surface area contributed by atoms with E-state index in [1.165, 1.54) is 17.7 Å². The van der Waals surface area contributed by atoms with Crippen LogP contribution < -0.4 is 0 Å². The number of thioether (sulfide) groups is 2. The Bertz CT molecular complexity index is 954. The summed E-state index contributed by atoms with van der Waals surface area (Å²) in [5.41, 5.74) is 2.27. The normalized spacial score (nSPS) is 15.5. The molecule has 1 atom stereocenters. The van der Waals surface area contributed by atoms with Crippen molar-refractivity contribution in [3.05, 3.63) is 71.4 Å². The first-order chi connectivity index (χ1) is 13.6. The lowest BCUT2D eigenvalue weighted by atomic mass is 10.1. The molecule has 1 aliphatic heterocycles. The lowest BCUT2D eigenvalue weighted by Crippen LogP contribution is -2.09. The van der Waals surface area contributed by atoms with Crippen molar-refractivity contribution in [2.24, 2.45) is 0 Å². The van der Waals surface area contributed by atoms with Crippen LogP contribution in [0.25, 0.3) is 11.5 Å². The van der Waals surface area contributed by atoms with Crippen molar-refractivity contribution >= 4 is 29.5 Å². The number of benzene rings is 2. The number of nitrogens with zero attached hydrogens (tertiary/aromatic N) is 2. The standard InChI is InChI=1S/C20H17FN2O3S2/c1-12(17-22-23-18(26-17)13-6-8-16(21)9-7-13)25-19(24)14-2-4-15(5-3-14)20-27-10-11-28-20/h2-9,12,20H,10-11H2,1H3/t12-/m0/s1. The molecule has 0 aliphatic carbocycles. The molecule has 1 aliphatic rings. The molecule has 0 N–H and O–H groups in total. The Labute approximate surface area is 170 Å². The maximum absolute atomic E-state index is 13.0. The van der Waals surface area contributed by atoms with Crippen molar-refractivity contribution in [2.75, 3.05) is 11.5 Å². The Morgan fingerprint density at radius 1 is 1.11 bits per heavy atom. The molecule has 28 heavy (non-hydrogen) atoms. The molecule has 3 aromatic rings. The van der Waals surface area contributed by atoms with Crippen LogP contribution in [-0.2, 0) is 4.74 Å². The Morgan fingerprint density at radius 3 is 2.46 bits per heavy atom. The zero-order valence-corrected chi connectivity index (χ0v) is 16.6. The van der Waals surface area contributed by atoms with Gasteiger partial charge in [-0.3, -0.25) is 0 Å². The van der Waals surface area contributed by atoms with Gasteiger partial charge in [0.25, 0.3) is 5.89 Å². The third-order valence-corrected chi connectivity index (χ3v) is 7.31. The van der Waals surface area contributed by atoms with E-state index < -0.39 is 12.1 Å². The van der Waals surface area contributed by atoms with Gasteiger partial charge in [-0.05, 0) is 48.9 Å². The third kappa shape index (κ3) is 4.23. The molecular formula is C20H17FN2O3S2. The number of halogens is 1. The van der Waals surface area contributed by atoms with Crippen molar-refractivity contribution in [2.45, 2.75) is 17.6 Å². The van der Waals surface area contributed by atoms with Crippen LogP contribution in [0.15, 0.2) is 52.9 Å². The molecule has 0 saturated carbocycles. The number of ether oxygens (including phenoxy) is 1. The summed E-state index contributed by atoms with van der Waals surface area (Å²) in [6.45, 7) is 1.67. The second-order valence-electron chi connectivity index (χ2n) is 6.20. The van der Waals surface area contributed by atoms with Crippen molar-refractivity contribution in [1.29, 1.82) is 0 Å². The van der Waals surface area contributed by atoms with Crippen molar-refractivity contribution in [3.63, 3.8) is 0 Å². The number of rotatable bonds is 5. The van der Waals surface area contributed by atoms with Gasteiger partial charge in [0, 0.05) is 17.1 Å². The van der Waals surface area contributed by atoms with Gasteiger partial charge in [0.1, 0.15) is 5.82 Å². The zero-order chi connectivity index (χ0) is 19.5. The van der Waals surface area contributed by atoms with Crippen LogP contribution >= 0.6 is 23.5 Å². The highest BCUT2D eigenvalue weighted by atomic mass is 32.2. The fourth-order valence-corrected chi connectivity index (χ4v) is 5.57. The second kappa shape index (κ2) is 8.36. The molecule has 0 spiro atoms. The Hall–Kier alpha value is -2.32. The summed E-state index contributed by atoms with van der Waals surface area (Å²) in [5.74, 6) is 1.94. The van der Waals surface area contributed by atoms with E-state index in [4.69, 9.17) is 9.15 Å². The largest absolute Gasteiger partial charge is 0.449 e. The minimum absolute atomic E-state index is 0.183. The van der Waals surface area contributed by atoms with E-state index in [0.717, 1.165) is 11.5 Å². The van der Waals surface area contributed by atoms with Gasteiger partial charge in [-0.15, -0.1) is 33.7 Å². The highest BCUT2D eigenvalue weighted by Crippen LogP contribution is 2.45. The maximum atomic E-state index is 13.0. The second-order valence-corrected chi connectivity index (χ2v) is 8.92. The van der Waals surface area contributed by atoms with Gasteiger partial charge >= 0.3 is 5.97 Å². The van der Waals surface area contributed by atoms with Crippen LogP contribution in [0.3, 0.4) is 0 Å². The van der Waals surface area contributed by atoms with Gasteiger partial charge in [0.15, 0.2) is 6.10 Å². The van der Waals surface area contributed by atoms with Gasteiger partial charge in [-0.1, -0.05) is 12.1 Å². The van der Waals surface area contributed by atoms with Gasteiger partial charge in [0.05, 0.1) is 10.1 Å². The lowest BCUT2D eigenvalue weighted by molar-refractivity contribution is 0.0280. The van der Waals surface area contributed by atoms with Crippen LogP contribution in [-0.4, -0.2) is 27.7 Å². The Balaban J connectivity index is 1.41. The predicted molar refractivity (Wildman–Crippen MR) is 108 cm³/mol. The van der Waals surface area contributed by atoms with E-state index in [1.807, 2.05) is 35.7 Å².